The molecule has 0 aliphatic heterocycles. The van der Waals surface area contributed by atoms with Crippen LogP contribution in [-0.4, -0.2) is 4.98 Å². The van der Waals surface area contributed by atoms with Gasteiger partial charge < -0.3 is 4.74 Å². The van der Waals surface area contributed by atoms with Gasteiger partial charge in [0.25, 0.3) is 0 Å². The van der Waals surface area contributed by atoms with E-state index in [4.69, 9.17) is 16.3 Å². The Hall–Kier alpha value is -1.68. The van der Waals surface area contributed by atoms with Gasteiger partial charge in [-0.05, 0) is 29.8 Å². The highest BCUT2D eigenvalue weighted by Gasteiger charge is 2.03. The van der Waals surface area contributed by atoms with E-state index in [0.29, 0.717) is 16.5 Å². The standard InChI is InChI=1S/C12H8ClF2NO/c13-12-4-2-9(6-16-12)17-7-8-1-3-10(14)11(15)5-8/h1-6H,7H2. The lowest BCUT2D eigenvalue weighted by molar-refractivity contribution is 0.304. The monoisotopic (exact) mass is 255 g/mol. The smallest absolute Gasteiger partial charge is 0.159 e. The van der Waals surface area contributed by atoms with E-state index in [1.165, 1.54) is 12.3 Å². The van der Waals surface area contributed by atoms with Crippen molar-refractivity contribution < 1.29 is 13.5 Å². The van der Waals surface area contributed by atoms with Gasteiger partial charge in [-0.2, -0.15) is 0 Å². The molecule has 1 aromatic carbocycles. The van der Waals surface area contributed by atoms with Crippen LogP contribution in [0.1, 0.15) is 5.56 Å². The first-order valence-corrected chi connectivity index (χ1v) is 5.21. The third-order valence-electron chi connectivity index (χ3n) is 2.09. The van der Waals surface area contributed by atoms with E-state index >= 15 is 0 Å². The number of nitrogens with zero attached hydrogens (tertiary/aromatic N) is 1. The van der Waals surface area contributed by atoms with Crippen molar-refractivity contribution in [2.75, 3.05) is 0 Å². The van der Waals surface area contributed by atoms with Gasteiger partial charge in [-0.15, -0.1) is 0 Å². The van der Waals surface area contributed by atoms with Gasteiger partial charge in [-0.1, -0.05) is 17.7 Å². The van der Waals surface area contributed by atoms with Crippen molar-refractivity contribution in [3.8, 4) is 5.75 Å². The van der Waals surface area contributed by atoms with Gasteiger partial charge in [0, 0.05) is 0 Å². The SMILES string of the molecule is Fc1ccc(COc2ccc(Cl)nc2)cc1F. The molecule has 0 aliphatic carbocycles. The second-order valence-electron chi connectivity index (χ2n) is 3.35. The number of benzene rings is 1. The lowest BCUT2D eigenvalue weighted by Gasteiger charge is -2.06. The topological polar surface area (TPSA) is 22.1 Å². The highest BCUT2D eigenvalue weighted by molar-refractivity contribution is 6.29. The molecule has 88 valence electrons. The minimum atomic E-state index is -0.889. The summed E-state index contributed by atoms with van der Waals surface area (Å²) in [7, 11) is 0. The molecule has 2 aromatic rings. The van der Waals surface area contributed by atoms with Gasteiger partial charge in [-0.3, -0.25) is 0 Å². The van der Waals surface area contributed by atoms with E-state index < -0.39 is 11.6 Å². The molecule has 0 amide bonds. The van der Waals surface area contributed by atoms with Crippen LogP contribution in [0.25, 0.3) is 0 Å². The van der Waals surface area contributed by atoms with Crippen molar-refractivity contribution in [1.29, 1.82) is 0 Å². The predicted molar refractivity (Wildman–Crippen MR) is 59.9 cm³/mol. The fraction of sp³-hybridized carbons (Fsp3) is 0.0833. The Kier molecular flexibility index (Phi) is 3.54. The van der Waals surface area contributed by atoms with E-state index in [0.717, 1.165) is 12.1 Å². The summed E-state index contributed by atoms with van der Waals surface area (Å²) < 4.78 is 30.9. The Balaban J connectivity index is 2.02. The summed E-state index contributed by atoms with van der Waals surface area (Å²) in [4.78, 5) is 3.83. The number of pyridine rings is 1. The van der Waals surface area contributed by atoms with Crippen molar-refractivity contribution in [3.63, 3.8) is 0 Å². The van der Waals surface area contributed by atoms with Crippen LogP contribution in [0.5, 0.6) is 5.75 Å². The largest absolute Gasteiger partial charge is 0.487 e. The third kappa shape index (κ3) is 3.14. The Morgan fingerprint density at radius 1 is 1.12 bits per heavy atom. The first kappa shape index (κ1) is 11.8. The summed E-state index contributed by atoms with van der Waals surface area (Å²) in [5.41, 5.74) is 0.541. The molecule has 2 rings (SSSR count). The maximum absolute atomic E-state index is 12.9. The Labute approximate surface area is 102 Å². The van der Waals surface area contributed by atoms with E-state index in [9.17, 15) is 8.78 Å². The molecule has 17 heavy (non-hydrogen) atoms. The second kappa shape index (κ2) is 5.10. The summed E-state index contributed by atoms with van der Waals surface area (Å²) >= 11 is 5.61. The van der Waals surface area contributed by atoms with Crippen LogP contribution >= 0.6 is 11.6 Å². The predicted octanol–water partition coefficient (Wildman–Crippen LogP) is 3.59. The molecule has 0 bridgehead atoms. The highest BCUT2D eigenvalue weighted by atomic mass is 35.5. The van der Waals surface area contributed by atoms with Crippen molar-refractivity contribution in [1.82, 2.24) is 4.98 Å². The zero-order chi connectivity index (χ0) is 12.3. The molecule has 0 aliphatic rings. The summed E-state index contributed by atoms with van der Waals surface area (Å²) in [6.07, 6.45) is 1.46. The zero-order valence-electron chi connectivity index (χ0n) is 8.66. The molecule has 0 fully saturated rings. The summed E-state index contributed by atoms with van der Waals surface area (Å²) in [5.74, 6) is -1.25. The molecule has 1 aromatic heterocycles. The van der Waals surface area contributed by atoms with E-state index in [1.807, 2.05) is 0 Å². The van der Waals surface area contributed by atoms with E-state index in [1.54, 1.807) is 12.1 Å². The quantitative estimate of drug-likeness (QED) is 0.782. The first-order valence-electron chi connectivity index (χ1n) is 4.83. The molecule has 0 spiro atoms. The van der Waals surface area contributed by atoms with Gasteiger partial charge in [0.2, 0.25) is 0 Å². The second-order valence-corrected chi connectivity index (χ2v) is 3.74. The average molecular weight is 256 g/mol. The molecule has 2 nitrogen and oxygen atoms in total. The van der Waals surface area contributed by atoms with Crippen molar-refractivity contribution >= 4 is 11.6 Å². The van der Waals surface area contributed by atoms with E-state index in [2.05, 4.69) is 4.98 Å². The Morgan fingerprint density at radius 3 is 2.59 bits per heavy atom. The number of hydrogen-bond donors (Lipinski definition) is 0. The fourth-order valence-electron chi connectivity index (χ4n) is 1.24. The van der Waals surface area contributed by atoms with Crippen LogP contribution < -0.4 is 4.74 Å². The molecule has 1 heterocycles. The van der Waals surface area contributed by atoms with Crippen molar-refractivity contribution in [3.05, 3.63) is 58.9 Å². The molecule has 0 N–H and O–H groups in total. The minimum absolute atomic E-state index is 0.139. The Bertz CT molecular complexity index is 516. The number of hydrogen-bond acceptors (Lipinski definition) is 2. The van der Waals surface area contributed by atoms with E-state index in [-0.39, 0.29) is 6.61 Å². The van der Waals surface area contributed by atoms with Crippen LogP contribution in [-0.2, 0) is 6.61 Å². The summed E-state index contributed by atoms with van der Waals surface area (Å²) in [6.45, 7) is 0.139. The number of rotatable bonds is 3. The third-order valence-corrected chi connectivity index (χ3v) is 2.31. The van der Waals surface area contributed by atoms with Crippen LogP contribution in [0.2, 0.25) is 5.15 Å². The Morgan fingerprint density at radius 2 is 1.94 bits per heavy atom. The molecule has 5 heteroatoms. The molecule has 0 radical (unpaired) electrons. The van der Waals surface area contributed by atoms with Crippen LogP contribution in [0.3, 0.4) is 0 Å². The zero-order valence-corrected chi connectivity index (χ0v) is 9.42. The van der Waals surface area contributed by atoms with Gasteiger partial charge in [0.1, 0.15) is 17.5 Å². The van der Waals surface area contributed by atoms with Crippen LogP contribution in [0.15, 0.2) is 36.5 Å². The van der Waals surface area contributed by atoms with Crippen molar-refractivity contribution in [2.24, 2.45) is 0 Å². The highest BCUT2D eigenvalue weighted by Crippen LogP contribution is 2.15. The van der Waals surface area contributed by atoms with Crippen molar-refractivity contribution in [2.45, 2.75) is 6.61 Å². The molecule has 0 saturated carbocycles. The fourth-order valence-corrected chi connectivity index (χ4v) is 1.36. The first-order chi connectivity index (χ1) is 8.15. The number of aromatic nitrogens is 1. The minimum Gasteiger partial charge on any atom is -0.487 e. The lowest BCUT2D eigenvalue weighted by Crippen LogP contribution is -1.97. The number of halogens is 3. The average Bonchev–Trinajstić information content (AvgIpc) is 2.33. The van der Waals surface area contributed by atoms with Gasteiger partial charge in [0.15, 0.2) is 11.6 Å². The van der Waals surface area contributed by atoms with Crippen LogP contribution in [0, 0.1) is 11.6 Å². The number of ether oxygens (including phenoxy) is 1. The normalized spacial score (nSPS) is 10.3. The molecular formula is C12H8ClF2NO. The summed E-state index contributed by atoms with van der Waals surface area (Å²) in [5, 5.41) is 0.366. The molecule has 0 atom stereocenters. The maximum Gasteiger partial charge on any atom is 0.159 e. The van der Waals surface area contributed by atoms with Gasteiger partial charge >= 0.3 is 0 Å². The molecule has 0 saturated heterocycles. The van der Waals surface area contributed by atoms with Gasteiger partial charge in [-0.25, -0.2) is 13.8 Å². The molecular weight excluding hydrogens is 248 g/mol. The van der Waals surface area contributed by atoms with Crippen LogP contribution in [0.4, 0.5) is 8.78 Å². The molecule has 0 unspecified atom stereocenters. The summed E-state index contributed by atoms with van der Waals surface area (Å²) in [6, 6.07) is 6.85. The maximum atomic E-state index is 12.9. The van der Waals surface area contributed by atoms with Gasteiger partial charge in [0.05, 0.1) is 6.20 Å². The lowest BCUT2D eigenvalue weighted by atomic mass is 10.2.